The minimum Gasteiger partial charge on any atom is -0.374 e. The van der Waals surface area contributed by atoms with Crippen molar-refractivity contribution in [2.24, 2.45) is 5.16 Å². The van der Waals surface area contributed by atoms with Crippen molar-refractivity contribution >= 4 is 46.6 Å². The summed E-state index contributed by atoms with van der Waals surface area (Å²) in [5.74, 6) is -2.57. The van der Waals surface area contributed by atoms with Gasteiger partial charge < -0.3 is 10.2 Å². The number of hydrogen-bond acceptors (Lipinski definition) is 5. The van der Waals surface area contributed by atoms with Crippen molar-refractivity contribution in [1.29, 1.82) is 0 Å². The fourth-order valence-electron chi connectivity index (χ4n) is 4.05. The van der Waals surface area contributed by atoms with Crippen molar-refractivity contribution in [2.75, 3.05) is 6.54 Å². The molecule has 2 heterocycles. The molecule has 0 radical (unpaired) electrons. The van der Waals surface area contributed by atoms with E-state index < -0.39 is 58.4 Å². The molecular weight excluding hydrogens is 529 g/mol. The van der Waals surface area contributed by atoms with Gasteiger partial charge >= 0.3 is 6.18 Å². The van der Waals surface area contributed by atoms with Crippen LogP contribution in [-0.4, -0.2) is 47.1 Å². The quantitative estimate of drug-likeness (QED) is 0.439. The van der Waals surface area contributed by atoms with Crippen molar-refractivity contribution in [1.82, 2.24) is 10.2 Å². The first-order chi connectivity index (χ1) is 16.9. The zero-order chi connectivity index (χ0) is 26.4. The largest absolute Gasteiger partial charge is 0.435 e. The number of rotatable bonds is 5. The Kier molecular flexibility index (Phi) is 6.74. The summed E-state index contributed by atoms with van der Waals surface area (Å²) >= 11 is 11.9. The Morgan fingerprint density at radius 2 is 1.92 bits per heavy atom. The van der Waals surface area contributed by atoms with E-state index in [1.165, 1.54) is 18.2 Å². The molecule has 0 bridgehead atoms. The number of likely N-dealkylation sites (N-methyl/N-ethyl adjacent to an activating group) is 1. The van der Waals surface area contributed by atoms with Crippen LogP contribution in [0.5, 0.6) is 0 Å². The number of hydrogen-bond donors (Lipinski definition) is 1. The van der Waals surface area contributed by atoms with E-state index in [2.05, 4.69) is 10.5 Å². The van der Waals surface area contributed by atoms with Crippen LogP contribution < -0.4 is 5.32 Å². The lowest BCUT2D eigenvalue weighted by Gasteiger charge is -2.29. The van der Waals surface area contributed by atoms with Crippen LogP contribution in [0, 0.1) is 5.82 Å². The molecule has 0 spiro atoms. The third-order valence-corrected chi connectivity index (χ3v) is 6.59. The number of carbonyl (C=O) groups is 3. The molecule has 2 unspecified atom stereocenters. The second-order valence-electron chi connectivity index (χ2n) is 8.16. The summed E-state index contributed by atoms with van der Waals surface area (Å²) in [7, 11) is 0. The standard InChI is InChI=1S/C23H17Cl2F4N3O4/c1-2-32-19(33)9-17(21(32)35)30-20(34)13-5-3-11(7-14(13)24)18-10-22(36-31-18,23(27,28)29)12-4-6-16(26)15(25)8-12/h3-8,17H,2,9-10H2,1H3,(H,30,34). The molecule has 2 aliphatic heterocycles. The molecule has 2 aliphatic rings. The van der Waals surface area contributed by atoms with E-state index in [9.17, 15) is 31.9 Å². The molecule has 7 nitrogen and oxygen atoms in total. The van der Waals surface area contributed by atoms with Crippen LogP contribution in [0.2, 0.25) is 10.0 Å². The number of carbonyl (C=O) groups excluding carboxylic acids is 3. The van der Waals surface area contributed by atoms with Gasteiger partial charge in [0.25, 0.3) is 17.4 Å². The molecule has 2 atom stereocenters. The average molecular weight is 546 g/mol. The minimum atomic E-state index is -4.93. The van der Waals surface area contributed by atoms with Gasteiger partial charge in [0.1, 0.15) is 11.9 Å². The highest BCUT2D eigenvalue weighted by Gasteiger charge is 2.62. The third kappa shape index (κ3) is 4.41. The van der Waals surface area contributed by atoms with Crippen molar-refractivity contribution in [3.8, 4) is 0 Å². The fraction of sp³-hybridized carbons (Fsp3) is 0.304. The normalized spacial score (nSPS) is 22.0. The number of oxime groups is 1. The zero-order valence-corrected chi connectivity index (χ0v) is 20.0. The molecule has 4 rings (SSSR count). The first kappa shape index (κ1) is 25.9. The molecule has 190 valence electrons. The molecule has 0 aromatic heterocycles. The van der Waals surface area contributed by atoms with Crippen LogP contribution in [0.15, 0.2) is 41.6 Å². The Hall–Kier alpha value is -3.18. The predicted octanol–water partition coefficient (Wildman–Crippen LogP) is 4.59. The molecule has 3 amide bonds. The van der Waals surface area contributed by atoms with Crippen LogP contribution in [0.3, 0.4) is 0 Å². The van der Waals surface area contributed by atoms with E-state index in [1.807, 2.05) is 0 Å². The Balaban J connectivity index is 1.55. The van der Waals surface area contributed by atoms with Gasteiger partial charge in [-0.2, -0.15) is 13.2 Å². The van der Waals surface area contributed by atoms with Crippen molar-refractivity contribution < 1.29 is 36.8 Å². The molecule has 2 aromatic carbocycles. The Bertz CT molecular complexity index is 1300. The molecule has 2 aromatic rings. The van der Waals surface area contributed by atoms with Gasteiger partial charge in [-0.3, -0.25) is 19.3 Å². The lowest BCUT2D eigenvalue weighted by molar-refractivity contribution is -0.275. The maximum Gasteiger partial charge on any atom is 0.435 e. The van der Waals surface area contributed by atoms with Crippen molar-refractivity contribution in [3.63, 3.8) is 0 Å². The molecule has 13 heteroatoms. The number of alkyl halides is 3. The number of likely N-dealkylation sites (tertiary alicyclic amines) is 1. The second kappa shape index (κ2) is 9.36. The number of amides is 3. The summed E-state index contributed by atoms with van der Waals surface area (Å²) in [5.41, 5.74) is -3.35. The van der Waals surface area contributed by atoms with Crippen molar-refractivity contribution in [3.05, 3.63) is 69.0 Å². The Labute approximate surface area is 212 Å². The van der Waals surface area contributed by atoms with Gasteiger partial charge in [-0.25, -0.2) is 4.39 Å². The Morgan fingerprint density at radius 1 is 1.19 bits per heavy atom. The summed E-state index contributed by atoms with van der Waals surface area (Å²) in [4.78, 5) is 42.7. The van der Waals surface area contributed by atoms with Crippen LogP contribution in [0.25, 0.3) is 0 Å². The molecule has 1 fully saturated rings. The smallest absolute Gasteiger partial charge is 0.374 e. The van der Waals surface area contributed by atoms with Crippen LogP contribution in [0.4, 0.5) is 17.6 Å². The van der Waals surface area contributed by atoms with E-state index in [4.69, 9.17) is 28.0 Å². The van der Waals surface area contributed by atoms with Crippen molar-refractivity contribution in [2.45, 2.75) is 37.6 Å². The van der Waals surface area contributed by atoms with E-state index in [1.54, 1.807) is 6.92 Å². The zero-order valence-electron chi connectivity index (χ0n) is 18.5. The van der Waals surface area contributed by atoms with E-state index in [0.717, 1.165) is 23.1 Å². The number of benzene rings is 2. The maximum atomic E-state index is 14.1. The summed E-state index contributed by atoms with van der Waals surface area (Å²) in [6, 6.07) is 5.34. The lowest BCUT2D eigenvalue weighted by Crippen LogP contribution is -2.42. The van der Waals surface area contributed by atoms with Gasteiger partial charge in [0, 0.05) is 24.1 Å². The van der Waals surface area contributed by atoms with Gasteiger partial charge in [-0.1, -0.05) is 40.5 Å². The summed E-state index contributed by atoms with van der Waals surface area (Å²) in [5, 5.41) is 5.43. The SMILES string of the molecule is CCN1C(=O)CC(NC(=O)c2ccc(C3=NOC(c4ccc(F)c(Cl)c4)(C(F)(F)F)C3)cc2Cl)C1=O. The van der Waals surface area contributed by atoms with Gasteiger partial charge in [0.15, 0.2) is 0 Å². The Morgan fingerprint density at radius 3 is 2.50 bits per heavy atom. The highest BCUT2D eigenvalue weighted by molar-refractivity contribution is 6.34. The first-order valence-corrected chi connectivity index (χ1v) is 11.4. The topological polar surface area (TPSA) is 88.1 Å². The molecule has 0 aliphatic carbocycles. The fourth-order valence-corrected chi connectivity index (χ4v) is 4.50. The predicted molar refractivity (Wildman–Crippen MR) is 121 cm³/mol. The van der Waals surface area contributed by atoms with Crippen LogP contribution >= 0.6 is 23.2 Å². The van der Waals surface area contributed by atoms with Gasteiger partial charge in [-0.15, -0.1) is 0 Å². The number of nitrogens with one attached hydrogen (secondary N) is 1. The van der Waals surface area contributed by atoms with E-state index in [-0.39, 0.29) is 34.8 Å². The van der Waals surface area contributed by atoms with Gasteiger partial charge in [-0.05, 0) is 31.2 Å². The molecule has 1 N–H and O–H groups in total. The third-order valence-electron chi connectivity index (χ3n) is 5.98. The lowest BCUT2D eigenvalue weighted by atomic mass is 9.86. The molecule has 1 saturated heterocycles. The average Bonchev–Trinajstić information content (AvgIpc) is 3.37. The molecular formula is C23H17Cl2F4N3O4. The summed E-state index contributed by atoms with van der Waals surface area (Å²) in [6.45, 7) is 1.80. The number of halogens is 6. The molecule has 0 saturated carbocycles. The number of nitrogens with zero attached hydrogens (tertiary/aromatic N) is 2. The van der Waals surface area contributed by atoms with Gasteiger partial charge in [0.2, 0.25) is 5.91 Å². The monoisotopic (exact) mass is 545 g/mol. The van der Waals surface area contributed by atoms with E-state index in [0.29, 0.717) is 0 Å². The summed E-state index contributed by atoms with van der Waals surface area (Å²) < 4.78 is 55.9. The highest BCUT2D eigenvalue weighted by Crippen LogP contribution is 2.49. The first-order valence-electron chi connectivity index (χ1n) is 10.6. The van der Waals surface area contributed by atoms with E-state index >= 15 is 0 Å². The maximum absolute atomic E-state index is 14.1. The van der Waals surface area contributed by atoms with Crippen LogP contribution in [-0.2, 0) is 20.0 Å². The number of imide groups is 1. The molecule has 36 heavy (non-hydrogen) atoms. The minimum absolute atomic E-state index is 0.0532. The highest BCUT2D eigenvalue weighted by atomic mass is 35.5. The summed E-state index contributed by atoms with van der Waals surface area (Å²) in [6.07, 6.45) is -5.87. The van der Waals surface area contributed by atoms with Crippen LogP contribution in [0.1, 0.15) is 41.3 Å². The van der Waals surface area contributed by atoms with Gasteiger partial charge in [0.05, 0.1) is 27.7 Å². The second-order valence-corrected chi connectivity index (χ2v) is 8.98.